The molecule has 0 fully saturated rings. The van der Waals surface area contributed by atoms with Crippen molar-refractivity contribution in [3.8, 4) is 0 Å². The second-order valence-corrected chi connectivity index (χ2v) is 4.94. The summed E-state index contributed by atoms with van der Waals surface area (Å²) in [5.74, 6) is 0. The van der Waals surface area contributed by atoms with Gasteiger partial charge < -0.3 is 11.5 Å². The van der Waals surface area contributed by atoms with Gasteiger partial charge in [0, 0.05) is 23.2 Å². The maximum absolute atomic E-state index is 10.7. The normalized spacial score (nSPS) is 14.4. The lowest BCUT2D eigenvalue weighted by molar-refractivity contribution is -0.384. The van der Waals surface area contributed by atoms with Crippen LogP contribution < -0.4 is 11.5 Å². The Morgan fingerprint density at radius 3 is 2.53 bits per heavy atom. The van der Waals surface area contributed by atoms with E-state index in [1.165, 1.54) is 12.1 Å². The van der Waals surface area contributed by atoms with Crippen LogP contribution in [0.1, 0.15) is 12.5 Å². The van der Waals surface area contributed by atoms with Crippen molar-refractivity contribution in [2.75, 3.05) is 6.54 Å². The largest absolute Gasteiger partial charge is 0.329 e. The molecular formula is C10H13Cl2N3O2. The number of rotatable bonds is 4. The quantitative estimate of drug-likeness (QED) is 0.651. The standard InChI is InChI=1S/C10H13Cl2N3O2/c1-10(14,5-13)4-6-7(11)2-3-8(9(6)12)15(16)17/h2-3H,4-5,13-14H2,1H3. The molecule has 0 aliphatic rings. The SMILES string of the molecule is CC(N)(CN)Cc1c(Cl)ccc([N+](=O)[O-])c1Cl. The Morgan fingerprint density at radius 2 is 2.06 bits per heavy atom. The number of benzene rings is 1. The summed E-state index contributed by atoms with van der Waals surface area (Å²) in [6.45, 7) is 1.96. The maximum atomic E-state index is 10.7. The highest BCUT2D eigenvalue weighted by atomic mass is 35.5. The van der Waals surface area contributed by atoms with Crippen molar-refractivity contribution in [2.45, 2.75) is 18.9 Å². The van der Waals surface area contributed by atoms with Crippen molar-refractivity contribution in [3.63, 3.8) is 0 Å². The first kappa shape index (κ1) is 14.2. The summed E-state index contributed by atoms with van der Waals surface area (Å²) >= 11 is 11.9. The van der Waals surface area contributed by atoms with Crippen molar-refractivity contribution < 1.29 is 4.92 Å². The minimum absolute atomic E-state index is 0.0209. The summed E-state index contributed by atoms with van der Waals surface area (Å²) in [5, 5.41) is 11.1. The van der Waals surface area contributed by atoms with Crippen LogP contribution in [0.2, 0.25) is 10.0 Å². The minimum atomic E-state index is -0.706. The predicted octanol–water partition coefficient (Wildman–Crippen LogP) is 2.12. The third kappa shape index (κ3) is 3.29. The van der Waals surface area contributed by atoms with Crippen molar-refractivity contribution in [1.29, 1.82) is 0 Å². The molecule has 1 rings (SSSR count). The van der Waals surface area contributed by atoms with E-state index >= 15 is 0 Å². The van der Waals surface area contributed by atoms with Crippen molar-refractivity contribution in [1.82, 2.24) is 0 Å². The summed E-state index contributed by atoms with van der Waals surface area (Å²) in [5.41, 5.74) is 11.0. The fraction of sp³-hybridized carbons (Fsp3) is 0.400. The van der Waals surface area contributed by atoms with E-state index in [1.54, 1.807) is 6.92 Å². The Morgan fingerprint density at radius 1 is 1.47 bits per heavy atom. The predicted molar refractivity (Wildman–Crippen MR) is 68.5 cm³/mol. The Kier molecular flexibility index (Phi) is 4.32. The molecule has 1 aromatic carbocycles. The molecule has 1 unspecified atom stereocenters. The van der Waals surface area contributed by atoms with Gasteiger partial charge in [-0.3, -0.25) is 10.1 Å². The summed E-state index contributed by atoms with van der Waals surface area (Å²) < 4.78 is 0. The summed E-state index contributed by atoms with van der Waals surface area (Å²) in [7, 11) is 0. The zero-order valence-electron chi connectivity index (χ0n) is 9.24. The first-order valence-corrected chi connectivity index (χ1v) is 5.64. The molecule has 17 heavy (non-hydrogen) atoms. The molecule has 0 radical (unpaired) electrons. The van der Waals surface area contributed by atoms with E-state index in [9.17, 15) is 10.1 Å². The lowest BCUT2D eigenvalue weighted by atomic mass is 9.94. The van der Waals surface area contributed by atoms with Crippen LogP contribution in [0.3, 0.4) is 0 Å². The van der Waals surface area contributed by atoms with Gasteiger partial charge in [-0.1, -0.05) is 23.2 Å². The van der Waals surface area contributed by atoms with E-state index in [4.69, 9.17) is 34.7 Å². The fourth-order valence-corrected chi connectivity index (χ4v) is 1.94. The zero-order chi connectivity index (χ0) is 13.2. The van der Waals surface area contributed by atoms with E-state index in [0.29, 0.717) is 10.6 Å². The fourth-order valence-electron chi connectivity index (χ4n) is 1.36. The maximum Gasteiger partial charge on any atom is 0.288 e. The first-order valence-electron chi connectivity index (χ1n) is 4.88. The molecule has 0 aliphatic carbocycles. The Bertz CT molecular complexity index is 449. The lowest BCUT2D eigenvalue weighted by Gasteiger charge is -2.23. The van der Waals surface area contributed by atoms with Gasteiger partial charge in [0.25, 0.3) is 5.69 Å². The molecule has 0 spiro atoms. The molecule has 0 amide bonds. The summed E-state index contributed by atoms with van der Waals surface area (Å²) in [4.78, 5) is 10.2. The number of nitrogens with two attached hydrogens (primary N) is 2. The van der Waals surface area contributed by atoms with E-state index in [2.05, 4.69) is 0 Å². The van der Waals surface area contributed by atoms with Gasteiger partial charge in [0.05, 0.1) is 4.92 Å². The molecule has 1 aromatic rings. The number of nitro groups is 1. The summed E-state index contributed by atoms with van der Waals surface area (Å²) in [6, 6.07) is 2.71. The van der Waals surface area contributed by atoms with Gasteiger partial charge in [-0.05, 0) is 25.0 Å². The second-order valence-electron chi connectivity index (χ2n) is 4.15. The third-order valence-corrected chi connectivity index (χ3v) is 3.19. The van der Waals surface area contributed by atoms with E-state index in [-0.39, 0.29) is 23.7 Å². The second kappa shape index (κ2) is 5.18. The smallest absolute Gasteiger partial charge is 0.288 e. The van der Waals surface area contributed by atoms with Crippen LogP contribution in [0, 0.1) is 10.1 Å². The Balaban J connectivity index is 3.23. The lowest BCUT2D eigenvalue weighted by Crippen LogP contribution is -2.46. The number of nitrogens with zero attached hydrogens (tertiary/aromatic N) is 1. The number of halogens is 2. The number of nitro benzene ring substituents is 1. The Hall–Kier alpha value is -0.880. The third-order valence-electron chi connectivity index (χ3n) is 2.41. The Labute approximate surface area is 109 Å². The van der Waals surface area contributed by atoms with Crippen LogP contribution in [-0.2, 0) is 6.42 Å². The van der Waals surface area contributed by atoms with E-state index in [0.717, 1.165) is 0 Å². The molecule has 0 saturated heterocycles. The van der Waals surface area contributed by atoms with Crippen molar-refractivity contribution in [2.24, 2.45) is 11.5 Å². The van der Waals surface area contributed by atoms with E-state index < -0.39 is 10.5 Å². The molecule has 0 heterocycles. The average molecular weight is 278 g/mol. The molecule has 7 heteroatoms. The van der Waals surface area contributed by atoms with Gasteiger partial charge >= 0.3 is 0 Å². The first-order chi connectivity index (χ1) is 7.78. The molecule has 1 atom stereocenters. The van der Waals surface area contributed by atoms with Gasteiger partial charge in [0.1, 0.15) is 5.02 Å². The highest BCUT2D eigenvalue weighted by molar-refractivity contribution is 6.37. The molecule has 0 bridgehead atoms. The van der Waals surface area contributed by atoms with Gasteiger partial charge in [0.2, 0.25) is 0 Å². The number of hydrogen-bond donors (Lipinski definition) is 2. The highest BCUT2D eigenvalue weighted by Gasteiger charge is 2.24. The van der Waals surface area contributed by atoms with Crippen LogP contribution in [0.5, 0.6) is 0 Å². The topological polar surface area (TPSA) is 95.2 Å². The van der Waals surface area contributed by atoms with Crippen LogP contribution in [0.15, 0.2) is 12.1 Å². The number of hydrogen-bond acceptors (Lipinski definition) is 4. The highest BCUT2D eigenvalue weighted by Crippen LogP contribution is 2.34. The molecular weight excluding hydrogens is 265 g/mol. The van der Waals surface area contributed by atoms with Gasteiger partial charge in [-0.2, -0.15) is 0 Å². The molecule has 0 saturated carbocycles. The van der Waals surface area contributed by atoms with Crippen LogP contribution in [-0.4, -0.2) is 17.0 Å². The van der Waals surface area contributed by atoms with Gasteiger partial charge in [-0.25, -0.2) is 0 Å². The molecule has 4 N–H and O–H groups in total. The van der Waals surface area contributed by atoms with E-state index in [1.807, 2.05) is 0 Å². The van der Waals surface area contributed by atoms with Gasteiger partial charge in [-0.15, -0.1) is 0 Å². The van der Waals surface area contributed by atoms with Gasteiger partial charge in [0.15, 0.2) is 0 Å². The average Bonchev–Trinajstić information content (AvgIpc) is 2.23. The van der Waals surface area contributed by atoms with Crippen molar-refractivity contribution in [3.05, 3.63) is 37.9 Å². The van der Waals surface area contributed by atoms with Crippen LogP contribution in [0.4, 0.5) is 5.69 Å². The monoisotopic (exact) mass is 277 g/mol. The molecule has 0 aliphatic heterocycles. The minimum Gasteiger partial charge on any atom is -0.329 e. The van der Waals surface area contributed by atoms with Crippen molar-refractivity contribution >= 4 is 28.9 Å². The van der Waals surface area contributed by atoms with Crippen LogP contribution >= 0.6 is 23.2 Å². The van der Waals surface area contributed by atoms with Crippen LogP contribution in [0.25, 0.3) is 0 Å². The zero-order valence-corrected chi connectivity index (χ0v) is 10.8. The molecule has 5 nitrogen and oxygen atoms in total. The summed E-state index contributed by atoms with van der Waals surface area (Å²) in [6.07, 6.45) is 0.281. The molecule has 94 valence electrons. The molecule has 0 aromatic heterocycles.